The van der Waals surface area contributed by atoms with Gasteiger partial charge in [-0.05, 0) is 25.3 Å². The highest BCUT2D eigenvalue weighted by Crippen LogP contribution is 2.37. The number of nitrogens with two attached hydrogens (primary N) is 1. The van der Waals surface area contributed by atoms with Crippen molar-refractivity contribution in [3.63, 3.8) is 0 Å². The van der Waals surface area contributed by atoms with Crippen LogP contribution in [0.5, 0.6) is 0 Å². The Hall–Kier alpha value is -0.910. The lowest BCUT2D eigenvalue weighted by molar-refractivity contribution is 0.209. The van der Waals surface area contributed by atoms with Crippen LogP contribution in [0.1, 0.15) is 25.3 Å². The molecular weight excluding hydrogens is 248 g/mol. The molecule has 0 bridgehead atoms. The highest BCUT2D eigenvalue weighted by atomic mass is 32.2. The molecular formula is C13H20N2O2S. The van der Waals surface area contributed by atoms with Gasteiger partial charge in [-0.15, -0.1) is 0 Å². The number of hydrogen-bond donors (Lipinski definition) is 2. The monoisotopic (exact) mass is 268 g/mol. The first-order chi connectivity index (χ1) is 8.56. The molecule has 2 rings (SSSR count). The van der Waals surface area contributed by atoms with E-state index in [0.717, 1.165) is 12.8 Å². The molecule has 0 aromatic heterocycles. The molecule has 100 valence electrons. The van der Waals surface area contributed by atoms with Crippen molar-refractivity contribution in [2.75, 3.05) is 13.1 Å². The number of nitrogens with zero attached hydrogens (tertiary/aromatic N) is 1. The molecule has 18 heavy (non-hydrogen) atoms. The molecule has 0 radical (unpaired) electrons. The Kier molecular flexibility index (Phi) is 4.04. The molecule has 1 heterocycles. The van der Waals surface area contributed by atoms with Crippen molar-refractivity contribution in [2.24, 2.45) is 5.73 Å². The van der Waals surface area contributed by atoms with Gasteiger partial charge in [0.2, 0.25) is 10.9 Å². The Labute approximate surface area is 110 Å². The molecule has 0 amide bonds. The van der Waals surface area contributed by atoms with E-state index < -0.39 is 10.9 Å². The minimum absolute atomic E-state index is 0.0200. The summed E-state index contributed by atoms with van der Waals surface area (Å²) in [4.78, 5) is 0. The van der Waals surface area contributed by atoms with Crippen molar-refractivity contribution in [3.8, 4) is 0 Å². The summed E-state index contributed by atoms with van der Waals surface area (Å²) in [7, 11) is -2.46. The largest absolute Gasteiger partial charge is 0.327 e. The molecule has 4 nitrogen and oxygen atoms in total. The van der Waals surface area contributed by atoms with Crippen LogP contribution in [0.25, 0.3) is 0 Å². The maximum atomic E-state index is 11.0. The van der Waals surface area contributed by atoms with Gasteiger partial charge in [0.1, 0.15) is 0 Å². The van der Waals surface area contributed by atoms with E-state index in [2.05, 4.69) is 12.1 Å². The van der Waals surface area contributed by atoms with E-state index in [9.17, 15) is 8.42 Å². The Balaban J connectivity index is 2.26. The van der Waals surface area contributed by atoms with E-state index in [0.29, 0.717) is 13.1 Å². The maximum absolute atomic E-state index is 11.0. The standard InChI is InChI=1S/C13H20N2O2S/c1-11(14)13(12-5-3-2-4-6-12)7-9-15(10-8-13)18(16)17/h2-6,11,18H,7-10,14H2,1H3. The molecule has 0 spiro atoms. The van der Waals surface area contributed by atoms with Gasteiger partial charge in [-0.3, -0.25) is 0 Å². The van der Waals surface area contributed by atoms with Gasteiger partial charge in [-0.25, -0.2) is 12.7 Å². The normalized spacial score (nSPS) is 21.9. The predicted molar refractivity (Wildman–Crippen MR) is 72.9 cm³/mol. The molecule has 5 heteroatoms. The van der Waals surface area contributed by atoms with E-state index in [4.69, 9.17) is 5.73 Å². The summed E-state index contributed by atoms with van der Waals surface area (Å²) >= 11 is 0. The highest BCUT2D eigenvalue weighted by molar-refractivity contribution is 7.69. The maximum Gasteiger partial charge on any atom is 0.203 e. The summed E-state index contributed by atoms with van der Waals surface area (Å²) in [5.74, 6) is 0. The van der Waals surface area contributed by atoms with Crippen molar-refractivity contribution in [1.82, 2.24) is 4.31 Å². The third kappa shape index (κ3) is 2.43. The molecule has 1 unspecified atom stereocenters. The summed E-state index contributed by atoms with van der Waals surface area (Å²) in [5.41, 5.74) is 7.32. The third-order valence-corrected chi connectivity index (χ3v) is 4.95. The van der Waals surface area contributed by atoms with Crippen LogP contribution in [-0.4, -0.2) is 31.9 Å². The van der Waals surface area contributed by atoms with Crippen molar-refractivity contribution in [1.29, 1.82) is 0 Å². The second kappa shape index (κ2) is 5.38. The molecule has 1 aliphatic heterocycles. The number of hydrogen-bond acceptors (Lipinski definition) is 3. The molecule has 2 N–H and O–H groups in total. The fraction of sp³-hybridized carbons (Fsp3) is 0.538. The smallest absolute Gasteiger partial charge is 0.203 e. The Morgan fingerprint density at radius 1 is 1.22 bits per heavy atom. The zero-order valence-electron chi connectivity index (χ0n) is 10.6. The number of thiol groups is 1. The van der Waals surface area contributed by atoms with Crippen LogP contribution in [0.15, 0.2) is 30.3 Å². The second-order valence-corrected chi connectivity index (χ2v) is 6.04. The summed E-state index contributed by atoms with van der Waals surface area (Å²) < 4.78 is 23.5. The fourth-order valence-electron chi connectivity index (χ4n) is 2.83. The fourth-order valence-corrected chi connectivity index (χ4v) is 3.36. The van der Waals surface area contributed by atoms with Gasteiger partial charge >= 0.3 is 0 Å². The van der Waals surface area contributed by atoms with Crippen molar-refractivity contribution in [3.05, 3.63) is 35.9 Å². The SMILES string of the molecule is CC(N)C1(c2ccccc2)CCN([SH](=O)=O)CC1. The Morgan fingerprint density at radius 3 is 2.22 bits per heavy atom. The Bertz CT molecular complexity index is 455. The molecule has 1 atom stereocenters. The van der Waals surface area contributed by atoms with Gasteiger partial charge in [-0.1, -0.05) is 30.3 Å². The third-order valence-electron chi connectivity index (χ3n) is 4.08. The van der Waals surface area contributed by atoms with Crippen LogP contribution in [0, 0.1) is 0 Å². The topological polar surface area (TPSA) is 63.4 Å². The van der Waals surface area contributed by atoms with Gasteiger partial charge in [0.05, 0.1) is 0 Å². The first-order valence-corrected chi connectivity index (χ1v) is 7.40. The highest BCUT2D eigenvalue weighted by Gasteiger charge is 2.39. The quantitative estimate of drug-likeness (QED) is 0.800. The van der Waals surface area contributed by atoms with Crippen LogP contribution in [-0.2, 0) is 16.3 Å². The van der Waals surface area contributed by atoms with Crippen molar-refractivity contribution < 1.29 is 8.42 Å². The lowest BCUT2D eigenvalue weighted by Crippen LogP contribution is -2.51. The Morgan fingerprint density at radius 2 is 1.78 bits per heavy atom. The van der Waals surface area contributed by atoms with E-state index in [1.165, 1.54) is 9.87 Å². The van der Waals surface area contributed by atoms with Gasteiger partial charge in [0.25, 0.3) is 0 Å². The first kappa shape index (κ1) is 13.5. The average molecular weight is 268 g/mol. The first-order valence-electron chi connectivity index (χ1n) is 6.26. The van der Waals surface area contributed by atoms with E-state index in [-0.39, 0.29) is 11.5 Å². The molecule has 0 aliphatic carbocycles. The van der Waals surface area contributed by atoms with Gasteiger partial charge in [0, 0.05) is 24.5 Å². The van der Waals surface area contributed by atoms with Gasteiger partial charge < -0.3 is 5.73 Å². The van der Waals surface area contributed by atoms with E-state index in [1.807, 2.05) is 25.1 Å². The zero-order chi connectivity index (χ0) is 13.2. The van der Waals surface area contributed by atoms with Crippen LogP contribution < -0.4 is 5.73 Å². The number of benzene rings is 1. The molecule has 1 aromatic rings. The second-order valence-electron chi connectivity index (χ2n) is 5.00. The lowest BCUT2D eigenvalue weighted by Gasteiger charge is -2.43. The predicted octanol–water partition coefficient (Wildman–Crippen LogP) is 0.894. The number of piperidine rings is 1. The lowest BCUT2D eigenvalue weighted by atomic mass is 9.69. The molecule has 1 saturated heterocycles. The summed E-state index contributed by atoms with van der Waals surface area (Å²) in [5, 5.41) is 0. The summed E-state index contributed by atoms with van der Waals surface area (Å²) in [6.07, 6.45) is 1.58. The minimum atomic E-state index is -2.46. The van der Waals surface area contributed by atoms with Crippen LogP contribution >= 0.6 is 0 Å². The van der Waals surface area contributed by atoms with E-state index >= 15 is 0 Å². The summed E-state index contributed by atoms with van der Waals surface area (Å²) in [6, 6.07) is 10.2. The van der Waals surface area contributed by atoms with Crippen molar-refractivity contribution >= 4 is 10.9 Å². The molecule has 1 aliphatic rings. The summed E-state index contributed by atoms with van der Waals surface area (Å²) in [6.45, 7) is 3.14. The minimum Gasteiger partial charge on any atom is -0.327 e. The molecule has 1 aromatic carbocycles. The van der Waals surface area contributed by atoms with Gasteiger partial charge in [-0.2, -0.15) is 0 Å². The average Bonchev–Trinajstić information content (AvgIpc) is 2.39. The van der Waals surface area contributed by atoms with Crippen molar-refractivity contribution in [2.45, 2.75) is 31.2 Å². The van der Waals surface area contributed by atoms with E-state index in [1.54, 1.807) is 0 Å². The van der Waals surface area contributed by atoms with Crippen LogP contribution in [0.4, 0.5) is 0 Å². The zero-order valence-corrected chi connectivity index (χ0v) is 11.5. The number of rotatable bonds is 3. The van der Waals surface area contributed by atoms with Gasteiger partial charge in [0.15, 0.2) is 0 Å². The molecule has 0 saturated carbocycles. The molecule has 1 fully saturated rings. The van der Waals surface area contributed by atoms with Crippen LogP contribution in [0.3, 0.4) is 0 Å². The van der Waals surface area contributed by atoms with Crippen LogP contribution in [0.2, 0.25) is 0 Å².